The Morgan fingerprint density at radius 2 is 1.00 bits per heavy atom. The van der Waals surface area contributed by atoms with Gasteiger partial charge in [-0.25, -0.2) is 0 Å². The van der Waals surface area contributed by atoms with E-state index in [1.807, 2.05) is 0 Å². The van der Waals surface area contributed by atoms with Gasteiger partial charge >= 0.3 is 11.9 Å². The van der Waals surface area contributed by atoms with Gasteiger partial charge in [0, 0.05) is 29.7 Å². The van der Waals surface area contributed by atoms with Crippen LogP contribution in [0, 0.1) is 0 Å². The minimum absolute atomic E-state index is 0.0800. The SMILES string of the molecule is COC(=O)Cc1cc(O)cc(OC)c1O.COc1cc(O)cc(CCCCCCCCCCCCCCC(=O)O)c1O. The van der Waals surface area contributed by atoms with Crippen molar-refractivity contribution < 1.29 is 49.3 Å². The molecule has 0 aromatic heterocycles. The molecule has 0 radical (unpaired) electrons. The van der Waals surface area contributed by atoms with E-state index in [1.165, 1.54) is 84.5 Å². The highest BCUT2D eigenvalue weighted by molar-refractivity contribution is 5.74. The van der Waals surface area contributed by atoms with Gasteiger partial charge < -0.3 is 39.7 Å². The molecule has 236 valence electrons. The number of ether oxygens (including phenoxy) is 3. The van der Waals surface area contributed by atoms with E-state index in [1.54, 1.807) is 6.07 Å². The van der Waals surface area contributed by atoms with Crippen molar-refractivity contribution in [3.05, 3.63) is 35.4 Å². The van der Waals surface area contributed by atoms with E-state index >= 15 is 0 Å². The number of benzene rings is 2. The Morgan fingerprint density at radius 1 is 0.595 bits per heavy atom. The molecule has 0 saturated heterocycles. The smallest absolute Gasteiger partial charge is 0.310 e. The monoisotopic (exact) mass is 592 g/mol. The summed E-state index contributed by atoms with van der Waals surface area (Å²) in [6, 6.07) is 5.58. The number of aliphatic carboxylic acids is 1. The van der Waals surface area contributed by atoms with Gasteiger partial charge in [0.1, 0.15) is 11.5 Å². The summed E-state index contributed by atoms with van der Waals surface area (Å²) in [6.45, 7) is 0. The number of carbonyl (C=O) groups is 2. The molecule has 0 aliphatic rings. The number of aryl methyl sites for hydroxylation is 1. The van der Waals surface area contributed by atoms with Crippen molar-refractivity contribution in [1.29, 1.82) is 0 Å². The second kappa shape index (κ2) is 21.0. The quantitative estimate of drug-likeness (QED) is 0.0680. The number of carboxylic acid groups (broad SMARTS) is 1. The molecule has 0 heterocycles. The number of carboxylic acids is 1. The Hall–Kier alpha value is -3.82. The Morgan fingerprint density at radius 3 is 1.43 bits per heavy atom. The summed E-state index contributed by atoms with van der Waals surface area (Å²) in [4.78, 5) is 21.4. The molecule has 0 aliphatic heterocycles. The molecule has 0 bridgehead atoms. The average Bonchev–Trinajstić information content (AvgIpc) is 2.96. The first kappa shape index (κ1) is 36.2. The Labute approximate surface area is 248 Å². The maximum Gasteiger partial charge on any atom is 0.310 e. The Bertz CT molecular complexity index is 1080. The number of hydrogen-bond donors (Lipinski definition) is 5. The Kier molecular flexibility index (Phi) is 18.1. The minimum Gasteiger partial charge on any atom is -0.508 e. The largest absolute Gasteiger partial charge is 0.508 e. The molecule has 0 atom stereocenters. The number of rotatable bonds is 19. The molecule has 42 heavy (non-hydrogen) atoms. The van der Waals surface area contributed by atoms with E-state index in [9.17, 15) is 30.0 Å². The van der Waals surface area contributed by atoms with Crippen molar-refractivity contribution in [2.24, 2.45) is 0 Å². The van der Waals surface area contributed by atoms with Gasteiger partial charge in [-0.3, -0.25) is 9.59 Å². The number of hydrogen-bond acceptors (Lipinski definition) is 9. The summed E-state index contributed by atoms with van der Waals surface area (Å²) in [5, 5.41) is 47.2. The molecule has 5 N–H and O–H groups in total. The van der Waals surface area contributed by atoms with E-state index in [0.29, 0.717) is 12.2 Å². The van der Waals surface area contributed by atoms with Gasteiger partial charge in [0.15, 0.2) is 23.0 Å². The third kappa shape index (κ3) is 14.7. The summed E-state index contributed by atoms with van der Waals surface area (Å²) in [7, 11) is 4.09. The first-order valence-electron chi connectivity index (χ1n) is 14.6. The van der Waals surface area contributed by atoms with Crippen LogP contribution in [0.1, 0.15) is 94.6 Å². The molecular weight excluding hydrogens is 544 g/mol. The Balaban J connectivity index is 0.000000495. The molecular formula is C32H48O10. The van der Waals surface area contributed by atoms with Crippen molar-refractivity contribution in [2.75, 3.05) is 21.3 Å². The molecule has 2 aromatic carbocycles. The van der Waals surface area contributed by atoms with Crippen LogP contribution in [0.3, 0.4) is 0 Å². The predicted octanol–water partition coefficient (Wildman–Crippen LogP) is 6.63. The molecule has 0 aliphatic carbocycles. The standard InChI is InChI=1S/C22H36O5.C10H12O5/c1-27-20-17-19(23)16-18(22(20)26)14-12-10-8-6-4-2-3-5-7-9-11-13-15-21(24)25;1-14-8-5-7(11)3-6(10(8)13)4-9(12)15-2/h16-17,23,26H,2-15H2,1H3,(H,24,25);3,5,11,13H,4H2,1-2H3. The van der Waals surface area contributed by atoms with E-state index in [-0.39, 0.29) is 40.7 Å². The number of esters is 1. The first-order chi connectivity index (χ1) is 20.1. The molecule has 10 heteroatoms. The van der Waals surface area contributed by atoms with E-state index in [4.69, 9.17) is 14.6 Å². The van der Waals surface area contributed by atoms with Crippen LogP contribution in [0.25, 0.3) is 0 Å². The maximum atomic E-state index is 11.0. The van der Waals surface area contributed by atoms with Gasteiger partial charge in [0.2, 0.25) is 0 Å². The fourth-order valence-electron chi connectivity index (χ4n) is 4.52. The molecule has 0 spiro atoms. The number of aromatic hydroxyl groups is 4. The van der Waals surface area contributed by atoms with Crippen LogP contribution in [0.2, 0.25) is 0 Å². The van der Waals surface area contributed by atoms with Gasteiger partial charge in [0.25, 0.3) is 0 Å². The zero-order valence-corrected chi connectivity index (χ0v) is 25.2. The fraction of sp³-hybridized carbons (Fsp3) is 0.562. The van der Waals surface area contributed by atoms with Crippen molar-refractivity contribution in [1.82, 2.24) is 0 Å². The summed E-state index contributed by atoms with van der Waals surface area (Å²) in [6.07, 6.45) is 14.8. The lowest BCUT2D eigenvalue weighted by molar-refractivity contribution is -0.140. The number of phenolic OH excluding ortho intramolecular Hbond substituents is 4. The lowest BCUT2D eigenvalue weighted by Gasteiger charge is -2.10. The average molecular weight is 593 g/mol. The number of methoxy groups -OCH3 is 3. The third-order valence-corrected chi connectivity index (χ3v) is 6.87. The third-order valence-electron chi connectivity index (χ3n) is 6.87. The van der Waals surface area contributed by atoms with E-state index < -0.39 is 11.9 Å². The maximum absolute atomic E-state index is 11.0. The van der Waals surface area contributed by atoms with Crippen LogP contribution in [-0.4, -0.2) is 58.8 Å². The molecule has 10 nitrogen and oxygen atoms in total. The highest BCUT2D eigenvalue weighted by Gasteiger charge is 2.14. The molecule has 2 rings (SSSR count). The van der Waals surface area contributed by atoms with Gasteiger partial charge in [-0.1, -0.05) is 64.2 Å². The second-order valence-electron chi connectivity index (χ2n) is 10.2. The van der Waals surface area contributed by atoms with Crippen molar-refractivity contribution in [3.8, 4) is 34.5 Å². The summed E-state index contributed by atoms with van der Waals surface area (Å²) < 4.78 is 14.3. The van der Waals surface area contributed by atoms with Crippen molar-refractivity contribution in [2.45, 2.75) is 96.3 Å². The lowest BCUT2D eigenvalue weighted by Crippen LogP contribution is -2.04. The van der Waals surface area contributed by atoms with Crippen LogP contribution >= 0.6 is 0 Å². The number of carbonyl (C=O) groups excluding carboxylic acids is 1. The van der Waals surface area contributed by atoms with Crippen molar-refractivity contribution >= 4 is 11.9 Å². The minimum atomic E-state index is -0.687. The fourth-order valence-corrected chi connectivity index (χ4v) is 4.52. The molecule has 0 saturated carbocycles. The highest BCUT2D eigenvalue weighted by Crippen LogP contribution is 2.35. The number of unbranched alkanes of at least 4 members (excludes halogenated alkanes) is 11. The highest BCUT2D eigenvalue weighted by atomic mass is 16.5. The van der Waals surface area contributed by atoms with Gasteiger partial charge in [-0.05, 0) is 31.4 Å². The summed E-state index contributed by atoms with van der Waals surface area (Å²) in [5.41, 5.74) is 1.01. The summed E-state index contributed by atoms with van der Waals surface area (Å²) in [5.74, 6) is -0.726. The molecule has 2 aromatic rings. The van der Waals surface area contributed by atoms with Gasteiger partial charge in [0.05, 0.1) is 27.8 Å². The summed E-state index contributed by atoms with van der Waals surface area (Å²) >= 11 is 0. The zero-order chi connectivity index (χ0) is 31.3. The lowest BCUT2D eigenvalue weighted by atomic mass is 10.0. The van der Waals surface area contributed by atoms with Crippen molar-refractivity contribution in [3.63, 3.8) is 0 Å². The van der Waals surface area contributed by atoms with E-state index in [2.05, 4.69) is 4.74 Å². The van der Waals surface area contributed by atoms with E-state index in [0.717, 1.165) is 44.1 Å². The van der Waals surface area contributed by atoms with Gasteiger partial charge in [-0.2, -0.15) is 0 Å². The van der Waals surface area contributed by atoms with Crippen LogP contribution in [-0.2, 0) is 27.2 Å². The predicted molar refractivity (Wildman–Crippen MR) is 160 cm³/mol. The second-order valence-corrected chi connectivity index (χ2v) is 10.2. The normalized spacial score (nSPS) is 10.5. The topological polar surface area (TPSA) is 163 Å². The van der Waals surface area contributed by atoms with Crippen LogP contribution in [0.15, 0.2) is 24.3 Å². The van der Waals surface area contributed by atoms with Crippen LogP contribution < -0.4 is 9.47 Å². The molecule has 0 unspecified atom stereocenters. The molecule has 0 amide bonds. The van der Waals surface area contributed by atoms with Crippen LogP contribution in [0.5, 0.6) is 34.5 Å². The van der Waals surface area contributed by atoms with Gasteiger partial charge in [-0.15, -0.1) is 0 Å². The first-order valence-corrected chi connectivity index (χ1v) is 14.6. The van der Waals surface area contributed by atoms with Crippen LogP contribution in [0.4, 0.5) is 0 Å². The molecule has 0 fully saturated rings. The zero-order valence-electron chi connectivity index (χ0n) is 25.2. The number of phenols is 4.